The molecule has 4 heteroatoms. The monoisotopic (exact) mass is 242 g/mol. The molecule has 1 aliphatic carbocycles. The van der Waals surface area contributed by atoms with Crippen LogP contribution in [0, 0.1) is 0 Å². The van der Waals surface area contributed by atoms with Gasteiger partial charge in [0.2, 0.25) is 5.91 Å². The number of carbonyl (C=O) groups excluding carboxylic acids is 1. The molecule has 0 aromatic heterocycles. The minimum Gasteiger partial charge on any atom is -0.364 e. The van der Waals surface area contributed by atoms with E-state index < -0.39 is 6.10 Å². The highest BCUT2D eigenvalue weighted by Gasteiger charge is 2.28. The lowest BCUT2D eigenvalue weighted by molar-refractivity contribution is -0.136. The van der Waals surface area contributed by atoms with Gasteiger partial charge in [-0.25, -0.2) is 0 Å². The summed E-state index contributed by atoms with van der Waals surface area (Å²) in [4.78, 5) is 11.9. The number of nitrogens with one attached hydrogen (secondary N) is 1. The maximum atomic E-state index is 11.9. The van der Waals surface area contributed by atoms with Crippen molar-refractivity contribution in [3.05, 3.63) is 0 Å². The van der Waals surface area contributed by atoms with Crippen LogP contribution in [0.25, 0.3) is 0 Å². The molecule has 3 atom stereocenters. The molecule has 1 aliphatic rings. The Kier molecular flexibility index (Phi) is 5.92. The van der Waals surface area contributed by atoms with Crippen LogP contribution >= 0.6 is 0 Å². The molecule has 0 aromatic carbocycles. The third kappa shape index (κ3) is 4.28. The first-order valence-electron chi connectivity index (χ1n) is 6.79. The van der Waals surface area contributed by atoms with E-state index >= 15 is 0 Å². The van der Waals surface area contributed by atoms with Crippen molar-refractivity contribution in [3.63, 3.8) is 0 Å². The molecule has 3 N–H and O–H groups in total. The van der Waals surface area contributed by atoms with Crippen LogP contribution < -0.4 is 11.1 Å². The van der Waals surface area contributed by atoms with Gasteiger partial charge < -0.3 is 15.8 Å². The molecule has 0 radical (unpaired) electrons. The molecule has 1 saturated carbocycles. The van der Waals surface area contributed by atoms with E-state index in [-0.39, 0.29) is 24.1 Å². The number of hydrogen-bond donors (Lipinski definition) is 2. The molecule has 0 aliphatic heterocycles. The summed E-state index contributed by atoms with van der Waals surface area (Å²) in [5.74, 6) is -0.0159. The Bertz CT molecular complexity index is 242. The summed E-state index contributed by atoms with van der Waals surface area (Å²) in [6.07, 6.45) is 4.65. The Hall–Kier alpha value is -0.610. The maximum Gasteiger partial charge on any atom is 0.249 e. The van der Waals surface area contributed by atoms with E-state index in [2.05, 4.69) is 19.2 Å². The summed E-state index contributed by atoms with van der Waals surface area (Å²) >= 11 is 0. The van der Waals surface area contributed by atoms with E-state index in [0.29, 0.717) is 0 Å². The summed E-state index contributed by atoms with van der Waals surface area (Å²) in [5, 5.41) is 3.00. The van der Waals surface area contributed by atoms with Crippen molar-refractivity contribution in [2.75, 3.05) is 0 Å². The molecule has 100 valence electrons. The van der Waals surface area contributed by atoms with E-state index in [9.17, 15) is 4.79 Å². The van der Waals surface area contributed by atoms with Gasteiger partial charge in [-0.05, 0) is 39.0 Å². The normalized spacial score (nSPS) is 26.2. The topological polar surface area (TPSA) is 64.3 Å². The third-order valence-corrected chi connectivity index (χ3v) is 3.58. The molecule has 0 spiro atoms. The second kappa shape index (κ2) is 6.97. The minimum atomic E-state index is -0.398. The van der Waals surface area contributed by atoms with Crippen molar-refractivity contribution in [3.8, 4) is 0 Å². The van der Waals surface area contributed by atoms with Gasteiger partial charge >= 0.3 is 0 Å². The van der Waals surface area contributed by atoms with Crippen LogP contribution in [0.15, 0.2) is 0 Å². The SMILES string of the molecule is CCC(CC)NC(=O)C(C)OC1CCCC1N. The number of rotatable bonds is 6. The Morgan fingerprint density at radius 2 is 2.06 bits per heavy atom. The second-order valence-corrected chi connectivity index (χ2v) is 4.93. The van der Waals surface area contributed by atoms with Gasteiger partial charge in [-0.2, -0.15) is 0 Å². The average molecular weight is 242 g/mol. The first kappa shape index (κ1) is 14.5. The molecule has 0 bridgehead atoms. The lowest BCUT2D eigenvalue weighted by Crippen LogP contribution is -2.44. The van der Waals surface area contributed by atoms with E-state index in [1.54, 1.807) is 0 Å². The number of hydrogen-bond acceptors (Lipinski definition) is 3. The quantitative estimate of drug-likeness (QED) is 0.743. The summed E-state index contributed by atoms with van der Waals surface area (Å²) in [6.45, 7) is 5.96. The summed E-state index contributed by atoms with van der Waals surface area (Å²) in [5.41, 5.74) is 5.92. The Balaban J connectivity index is 2.35. The number of carbonyl (C=O) groups is 1. The smallest absolute Gasteiger partial charge is 0.249 e. The summed E-state index contributed by atoms with van der Waals surface area (Å²) in [7, 11) is 0. The molecule has 0 aromatic rings. The van der Waals surface area contributed by atoms with Crippen LogP contribution in [0.4, 0.5) is 0 Å². The van der Waals surface area contributed by atoms with Crippen molar-refractivity contribution < 1.29 is 9.53 Å². The van der Waals surface area contributed by atoms with Crippen LogP contribution in [-0.2, 0) is 9.53 Å². The molecule has 1 fully saturated rings. The predicted molar refractivity (Wildman–Crippen MR) is 68.7 cm³/mol. The van der Waals surface area contributed by atoms with Crippen molar-refractivity contribution >= 4 is 5.91 Å². The molecular weight excluding hydrogens is 216 g/mol. The molecule has 1 amide bonds. The van der Waals surface area contributed by atoms with E-state index in [0.717, 1.165) is 32.1 Å². The minimum absolute atomic E-state index is 0.0159. The average Bonchev–Trinajstić information content (AvgIpc) is 2.71. The second-order valence-electron chi connectivity index (χ2n) is 4.93. The zero-order chi connectivity index (χ0) is 12.8. The van der Waals surface area contributed by atoms with E-state index in [1.165, 1.54) is 0 Å². The van der Waals surface area contributed by atoms with Crippen LogP contribution in [0.2, 0.25) is 0 Å². The molecule has 0 heterocycles. The van der Waals surface area contributed by atoms with Crippen molar-refractivity contribution in [2.45, 2.75) is 77.2 Å². The van der Waals surface area contributed by atoms with Gasteiger partial charge in [-0.1, -0.05) is 13.8 Å². The largest absolute Gasteiger partial charge is 0.364 e. The number of amides is 1. The predicted octanol–water partition coefficient (Wildman–Crippen LogP) is 1.58. The zero-order valence-electron chi connectivity index (χ0n) is 11.2. The molecule has 0 saturated heterocycles. The maximum absolute atomic E-state index is 11.9. The van der Waals surface area contributed by atoms with Gasteiger partial charge in [-0.3, -0.25) is 4.79 Å². The van der Waals surface area contributed by atoms with Crippen molar-refractivity contribution in [2.24, 2.45) is 5.73 Å². The van der Waals surface area contributed by atoms with Crippen LogP contribution in [0.1, 0.15) is 52.9 Å². The highest BCUT2D eigenvalue weighted by atomic mass is 16.5. The van der Waals surface area contributed by atoms with Crippen LogP contribution in [0.5, 0.6) is 0 Å². The van der Waals surface area contributed by atoms with Crippen LogP contribution in [-0.4, -0.2) is 30.2 Å². The molecule has 17 heavy (non-hydrogen) atoms. The lowest BCUT2D eigenvalue weighted by Gasteiger charge is -2.23. The number of ether oxygens (including phenoxy) is 1. The third-order valence-electron chi connectivity index (χ3n) is 3.58. The van der Waals surface area contributed by atoms with Crippen LogP contribution in [0.3, 0.4) is 0 Å². The summed E-state index contributed by atoms with van der Waals surface area (Å²) < 4.78 is 5.74. The van der Waals surface area contributed by atoms with Gasteiger partial charge in [0.1, 0.15) is 6.10 Å². The number of nitrogens with two attached hydrogens (primary N) is 1. The Labute approximate surface area is 104 Å². The Morgan fingerprint density at radius 1 is 1.41 bits per heavy atom. The van der Waals surface area contributed by atoms with Gasteiger partial charge in [0, 0.05) is 12.1 Å². The summed E-state index contributed by atoms with van der Waals surface area (Å²) in [6, 6.07) is 0.351. The van der Waals surface area contributed by atoms with Gasteiger partial charge in [0.05, 0.1) is 6.10 Å². The Morgan fingerprint density at radius 3 is 2.53 bits per heavy atom. The fourth-order valence-corrected chi connectivity index (χ4v) is 2.26. The molecule has 3 unspecified atom stereocenters. The highest BCUT2D eigenvalue weighted by molar-refractivity contribution is 5.80. The standard InChI is InChI=1S/C13H26N2O2/c1-4-10(5-2)15-13(16)9(3)17-12-8-6-7-11(12)14/h9-12H,4-8,14H2,1-3H3,(H,15,16). The molecule has 4 nitrogen and oxygen atoms in total. The van der Waals surface area contributed by atoms with E-state index in [1.807, 2.05) is 6.92 Å². The lowest BCUT2D eigenvalue weighted by atomic mass is 10.1. The molecular formula is C13H26N2O2. The first-order valence-corrected chi connectivity index (χ1v) is 6.79. The van der Waals surface area contributed by atoms with Crippen molar-refractivity contribution in [1.82, 2.24) is 5.32 Å². The zero-order valence-corrected chi connectivity index (χ0v) is 11.2. The first-order chi connectivity index (χ1) is 8.08. The molecule has 1 rings (SSSR count). The van der Waals surface area contributed by atoms with Gasteiger partial charge in [0.25, 0.3) is 0 Å². The van der Waals surface area contributed by atoms with E-state index in [4.69, 9.17) is 10.5 Å². The fourth-order valence-electron chi connectivity index (χ4n) is 2.26. The fraction of sp³-hybridized carbons (Fsp3) is 0.923. The van der Waals surface area contributed by atoms with Crippen molar-refractivity contribution in [1.29, 1.82) is 0 Å². The van der Waals surface area contributed by atoms with Gasteiger partial charge in [-0.15, -0.1) is 0 Å². The highest BCUT2D eigenvalue weighted by Crippen LogP contribution is 2.21. The van der Waals surface area contributed by atoms with Gasteiger partial charge in [0.15, 0.2) is 0 Å².